The Morgan fingerprint density at radius 2 is 1.92 bits per heavy atom. The number of fused-ring (bicyclic) bond motifs is 1. The van der Waals surface area contributed by atoms with Crippen molar-refractivity contribution in [2.24, 2.45) is 0 Å². The highest BCUT2D eigenvalue weighted by Crippen LogP contribution is 2.21. The fourth-order valence-corrected chi connectivity index (χ4v) is 4.87. The average Bonchev–Trinajstić information content (AvgIpc) is 3.16. The van der Waals surface area contributed by atoms with Crippen LogP contribution >= 0.6 is 11.7 Å². The lowest BCUT2D eigenvalue weighted by atomic mass is 10.1. The number of hydrogen-bond donors (Lipinski definition) is 1. The predicted octanol–water partition coefficient (Wildman–Crippen LogP) is 2.56. The molecule has 0 spiro atoms. The third kappa shape index (κ3) is 3.55. The Morgan fingerprint density at radius 3 is 2.69 bits per heavy atom. The van der Waals surface area contributed by atoms with Crippen LogP contribution in [0.2, 0.25) is 0 Å². The Labute approximate surface area is 156 Å². The summed E-state index contributed by atoms with van der Waals surface area (Å²) in [5.74, 6) is 0.953. The maximum atomic E-state index is 12.6. The molecule has 4 rings (SSSR count). The molecule has 1 fully saturated rings. The Morgan fingerprint density at radius 1 is 1.08 bits per heavy atom. The molecule has 2 aromatic heterocycles. The van der Waals surface area contributed by atoms with Crippen LogP contribution in [0.15, 0.2) is 41.4 Å². The molecule has 0 saturated carbocycles. The Hall–Kier alpha value is -2.10. The van der Waals surface area contributed by atoms with E-state index in [-0.39, 0.29) is 11.4 Å². The summed E-state index contributed by atoms with van der Waals surface area (Å²) in [5, 5.41) is 0. The van der Waals surface area contributed by atoms with Gasteiger partial charge in [0.2, 0.25) is 10.0 Å². The summed E-state index contributed by atoms with van der Waals surface area (Å²) in [5.41, 5.74) is 1.81. The lowest BCUT2D eigenvalue weighted by molar-refractivity contribution is 0.573. The van der Waals surface area contributed by atoms with Gasteiger partial charge in [-0.25, -0.2) is 18.1 Å². The number of nitrogens with one attached hydrogen (secondary N) is 1. The molecule has 0 bridgehead atoms. The number of aromatic nitrogens is 3. The second kappa shape index (κ2) is 7.26. The smallest absolute Gasteiger partial charge is 0.243 e. The summed E-state index contributed by atoms with van der Waals surface area (Å²) in [4.78, 5) is 6.91. The van der Waals surface area contributed by atoms with Crippen molar-refractivity contribution < 1.29 is 8.42 Å². The highest BCUT2D eigenvalue weighted by Gasteiger charge is 2.19. The molecule has 26 heavy (non-hydrogen) atoms. The minimum Gasteiger partial charge on any atom is -0.357 e. The molecule has 0 amide bonds. The van der Waals surface area contributed by atoms with Crippen LogP contribution in [0, 0.1) is 0 Å². The standard InChI is InChI=1S/C17H19N5O2S2/c23-26(24,15-6-4-5-14-17(15)21-25-20-14)19-12-13-7-8-16(18-11-13)22-9-2-1-3-10-22/h4-8,11,19H,1-3,9-10,12H2. The number of anilines is 1. The van der Waals surface area contributed by atoms with Gasteiger partial charge < -0.3 is 4.90 Å². The van der Waals surface area contributed by atoms with E-state index in [9.17, 15) is 8.42 Å². The molecule has 0 unspecified atom stereocenters. The largest absolute Gasteiger partial charge is 0.357 e. The summed E-state index contributed by atoms with van der Waals surface area (Å²) in [6.07, 6.45) is 5.40. The van der Waals surface area contributed by atoms with E-state index < -0.39 is 10.0 Å². The highest BCUT2D eigenvalue weighted by molar-refractivity contribution is 7.89. The number of sulfonamides is 1. The second-order valence-electron chi connectivity index (χ2n) is 6.29. The molecule has 1 aliphatic heterocycles. The van der Waals surface area contributed by atoms with Gasteiger partial charge in [0.1, 0.15) is 21.7 Å². The van der Waals surface area contributed by atoms with Crippen LogP contribution in [0.25, 0.3) is 11.0 Å². The van der Waals surface area contributed by atoms with Gasteiger partial charge in [-0.15, -0.1) is 0 Å². The summed E-state index contributed by atoms with van der Waals surface area (Å²) < 4.78 is 36.1. The Bertz CT molecular complexity index is 995. The van der Waals surface area contributed by atoms with E-state index >= 15 is 0 Å². The van der Waals surface area contributed by atoms with Crippen molar-refractivity contribution in [3.8, 4) is 0 Å². The number of rotatable bonds is 5. The number of benzene rings is 1. The summed E-state index contributed by atoms with van der Waals surface area (Å²) in [6, 6.07) is 8.85. The molecule has 0 atom stereocenters. The summed E-state index contributed by atoms with van der Waals surface area (Å²) >= 11 is 1.01. The van der Waals surface area contributed by atoms with Crippen molar-refractivity contribution in [2.45, 2.75) is 30.7 Å². The van der Waals surface area contributed by atoms with Crippen LogP contribution in [-0.2, 0) is 16.6 Å². The maximum Gasteiger partial charge on any atom is 0.243 e. The molecule has 7 nitrogen and oxygen atoms in total. The van der Waals surface area contributed by atoms with E-state index in [0.29, 0.717) is 11.0 Å². The molecule has 9 heteroatoms. The zero-order valence-electron chi connectivity index (χ0n) is 14.1. The molecule has 1 aliphatic rings. The SMILES string of the molecule is O=S(=O)(NCc1ccc(N2CCCCC2)nc1)c1cccc2nsnc12. The van der Waals surface area contributed by atoms with E-state index in [4.69, 9.17) is 0 Å². The van der Waals surface area contributed by atoms with Gasteiger partial charge in [-0.05, 0) is 43.0 Å². The third-order valence-corrected chi connectivity index (χ3v) is 6.47. The molecule has 136 valence electrons. The maximum absolute atomic E-state index is 12.6. The van der Waals surface area contributed by atoms with Crippen molar-refractivity contribution in [1.29, 1.82) is 0 Å². The molecule has 3 aromatic rings. The average molecular weight is 390 g/mol. The van der Waals surface area contributed by atoms with Gasteiger partial charge in [0.25, 0.3) is 0 Å². The van der Waals surface area contributed by atoms with Crippen molar-refractivity contribution in [3.05, 3.63) is 42.1 Å². The van der Waals surface area contributed by atoms with Gasteiger partial charge in [0.05, 0.1) is 11.7 Å². The van der Waals surface area contributed by atoms with E-state index in [0.717, 1.165) is 36.2 Å². The van der Waals surface area contributed by atoms with E-state index in [1.807, 2.05) is 12.1 Å². The van der Waals surface area contributed by atoms with E-state index in [1.54, 1.807) is 24.4 Å². The molecule has 0 radical (unpaired) electrons. The van der Waals surface area contributed by atoms with Gasteiger partial charge in [0.15, 0.2) is 0 Å². The number of piperidine rings is 1. The van der Waals surface area contributed by atoms with Crippen molar-refractivity contribution in [1.82, 2.24) is 18.5 Å². The first-order valence-corrected chi connectivity index (χ1v) is 10.8. The molecule has 1 N–H and O–H groups in total. The molecular weight excluding hydrogens is 370 g/mol. The lowest BCUT2D eigenvalue weighted by Gasteiger charge is -2.27. The van der Waals surface area contributed by atoms with Crippen molar-refractivity contribution >= 4 is 38.6 Å². The molecule has 1 aromatic carbocycles. The second-order valence-corrected chi connectivity index (χ2v) is 8.55. The normalized spacial score (nSPS) is 15.5. The van der Waals surface area contributed by atoms with Crippen molar-refractivity contribution in [2.75, 3.05) is 18.0 Å². The van der Waals surface area contributed by atoms with Gasteiger partial charge in [-0.1, -0.05) is 12.1 Å². The first-order valence-electron chi connectivity index (χ1n) is 8.54. The third-order valence-electron chi connectivity index (χ3n) is 4.49. The minimum absolute atomic E-state index is 0.154. The monoisotopic (exact) mass is 389 g/mol. The van der Waals surface area contributed by atoms with Gasteiger partial charge >= 0.3 is 0 Å². The quantitative estimate of drug-likeness (QED) is 0.721. The van der Waals surface area contributed by atoms with Crippen LogP contribution in [0.4, 0.5) is 5.82 Å². The van der Waals surface area contributed by atoms with Crippen LogP contribution in [0.5, 0.6) is 0 Å². The molecule has 3 heterocycles. The molecular formula is C17H19N5O2S2. The Kier molecular flexibility index (Phi) is 4.84. The van der Waals surface area contributed by atoms with Crippen molar-refractivity contribution in [3.63, 3.8) is 0 Å². The topological polar surface area (TPSA) is 88.1 Å². The van der Waals surface area contributed by atoms with E-state index in [1.165, 1.54) is 19.3 Å². The van der Waals surface area contributed by atoms with Crippen LogP contribution in [-0.4, -0.2) is 35.2 Å². The van der Waals surface area contributed by atoms with Gasteiger partial charge in [-0.2, -0.15) is 8.75 Å². The minimum atomic E-state index is -3.67. The summed E-state index contributed by atoms with van der Waals surface area (Å²) in [6.45, 7) is 2.25. The zero-order valence-corrected chi connectivity index (χ0v) is 15.8. The zero-order chi connectivity index (χ0) is 18.0. The molecule has 1 saturated heterocycles. The number of nitrogens with zero attached hydrogens (tertiary/aromatic N) is 4. The predicted molar refractivity (Wildman–Crippen MR) is 102 cm³/mol. The first-order chi connectivity index (χ1) is 12.6. The fourth-order valence-electron chi connectivity index (χ4n) is 3.09. The highest BCUT2D eigenvalue weighted by atomic mass is 32.2. The lowest BCUT2D eigenvalue weighted by Crippen LogP contribution is -2.30. The fraction of sp³-hybridized carbons (Fsp3) is 0.353. The Balaban J connectivity index is 1.47. The first kappa shape index (κ1) is 17.3. The van der Waals surface area contributed by atoms with E-state index in [2.05, 4.69) is 23.4 Å². The van der Waals surface area contributed by atoms with Gasteiger partial charge in [0, 0.05) is 25.8 Å². The van der Waals surface area contributed by atoms with Crippen LogP contribution in [0.1, 0.15) is 24.8 Å². The van der Waals surface area contributed by atoms with Gasteiger partial charge in [-0.3, -0.25) is 0 Å². The number of hydrogen-bond acceptors (Lipinski definition) is 7. The van der Waals surface area contributed by atoms with Crippen LogP contribution < -0.4 is 9.62 Å². The summed E-state index contributed by atoms with van der Waals surface area (Å²) in [7, 11) is -3.67. The number of pyridine rings is 1. The molecule has 0 aliphatic carbocycles. The van der Waals surface area contributed by atoms with Crippen LogP contribution in [0.3, 0.4) is 0 Å².